The standard InChI is InChI=1S/C30H40N4O4/c1-6-8-18-36-27-13-12-26(28(33-27)37-19-9-7-2)32-24-10-11-25(23(20-24)21-31)22-14-16-34(17-15-22)29(35)38-30(3,4)5/h10-14,20,32H,6-9,15-19H2,1-5H3. The van der Waals surface area contributed by atoms with Crippen LogP contribution in [-0.4, -0.2) is 47.9 Å². The molecule has 3 rings (SSSR count). The zero-order valence-electron chi connectivity index (χ0n) is 23.3. The Bertz CT molecular complexity index is 1160. The zero-order chi connectivity index (χ0) is 27.5. The first kappa shape index (κ1) is 28.8. The summed E-state index contributed by atoms with van der Waals surface area (Å²) in [7, 11) is 0. The maximum Gasteiger partial charge on any atom is 0.410 e. The Morgan fingerprint density at radius 3 is 2.47 bits per heavy atom. The molecule has 0 unspecified atom stereocenters. The Kier molecular flexibility index (Phi) is 10.4. The molecule has 1 aromatic carbocycles. The number of carbonyl (C=O) groups is 1. The summed E-state index contributed by atoms with van der Waals surface area (Å²) >= 11 is 0. The lowest BCUT2D eigenvalue weighted by molar-refractivity contribution is 0.0270. The number of unbranched alkanes of at least 4 members (excludes halogenated alkanes) is 2. The van der Waals surface area contributed by atoms with E-state index < -0.39 is 5.60 Å². The highest BCUT2D eigenvalue weighted by Gasteiger charge is 2.24. The van der Waals surface area contributed by atoms with Crippen LogP contribution >= 0.6 is 0 Å². The van der Waals surface area contributed by atoms with E-state index in [1.807, 2.05) is 57.2 Å². The van der Waals surface area contributed by atoms with Crippen molar-refractivity contribution >= 4 is 23.0 Å². The molecule has 2 aromatic rings. The van der Waals surface area contributed by atoms with Crippen LogP contribution in [0.15, 0.2) is 36.4 Å². The number of anilines is 2. The Labute approximate surface area is 226 Å². The van der Waals surface area contributed by atoms with Crippen LogP contribution in [0.3, 0.4) is 0 Å². The molecule has 2 heterocycles. The predicted octanol–water partition coefficient (Wildman–Crippen LogP) is 7.08. The average Bonchev–Trinajstić information content (AvgIpc) is 2.89. The van der Waals surface area contributed by atoms with E-state index >= 15 is 0 Å². The molecule has 0 atom stereocenters. The van der Waals surface area contributed by atoms with Gasteiger partial charge in [0.15, 0.2) is 0 Å². The molecule has 1 aliphatic heterocycles. The first-order valence-corrected chi connectivity index (χ1v) is 13.5. The molecule has 0 fully saturated rings. The van der Waals surface area contributed by atoms with Gasteiger partial charge in [0.2, 0.25) is 11.8 Å². The maximum atomic E-state index is 12.4. The van der Waals surface area contributed by atoms with E-state index in [4.69, 9.17) is 14.2 Å². The van der Waals surface area contributed by atoms with E-state index in [0.717, 1.165) is 42.5 Å². The van der Waals surface area contributed by atoms with E-state index in [1.54, 1.807) is 4.90 Å². The van der Waals surface area contributed by atoms with Gasteiger partial charge in [-0.25, -0.2) is 4.79 Å². The summed E-state index contributed by atoms with van der Waals surface area (Å²) < 4.78 is 17.2. The molecule has 0 saturated heterocycles. The third kappa shape index (κ3) is 8.41. The van der Waals surface area contributed by atoms with Crippen LogP contribution in [0.1, 0.15) is 77.8 Å². The van der Waals surface area contributed by atoms with Crippen LogP contribution in [0.2, 0.25) is 0 Å². The fourth-order valence-electron chi connectivity index (χ4n) is 3.90. The van der Waals surface area contributed by atoms with Crippen LogP contribution in [0, 0.1) is 11.3 Å². The minimum atomic E-state index is -0.531. The van der Waals surface area contributed by atoms with Crippen LogP contribution in [-0.2, 0) is 4.74 Å². The quantitative estimate of drug-likeness (QED) is 0.316. The van der Waals surface area contributed by atoms with Crippen LogP contribution in [0.4, 0.5) is 16.2 Å². The summed E-state index contributed by atoms with van der Waals surface area (Å²) in [5.41, 5.74) is 3.43. The van der Waals surface area contributed by atoms with Gasteiger partial charge in [-0.1, -0.05) is 38.8 Å². The normalized spacial score (nSPS) is 13.4. The summed E-state index contributed by atoms with van der Waals surface area (Å²) in [6, 6.07) is 11.8. The van der Waals surface area contributed by atoms with Crippen LogP contribution in [0.5, 0.6) is 11.8 Å². The lowest BCUT2D eigenvalue weighted by Gasteiger charge is -2.29. The van der Waals surface area contributed by atoms with Crippen molar-refractivity contribution < 1.29 is 19.0 Å². The fraction of sp³-hybridized carbons (Fsp3) is 0.500. The number of nitrogens with zero attached hydrogens (tertiary/aromatic N) is 3. The number of amides is 1. The minimum absolute atomic E-state index is 0.319. The van der Waals surface area contributed by atoms with Gasteiger partial charge in [0, 0.05) is 24.8 Å². The number of hydrogen-bond donors (Lipinski definition) is 1. The summed E-state index contributed by atoms with van der Waals surface area (Å²) in [5, 5.41) is 13.3. The van der Waals surface area contributed by atoms with Crippen LogP contribution in [0.25, 0.3) is 5.57 Å². The third-order valence-corrected chi connectivity index (χ3v) is 5.95. The summed E-state index contributed by atoms with van der Waals surface area (Å²) in [5.74, 6) is 1.01. The SMILES string of the molecule is CCCCOc1ccc(Nc2ccc(C3=CCN(C(=O)OC(C)(C)C)CC3)c(C#N)c2)c(OCCCC)n1. The second-order valence-electron chi connectivity index (χ2n) is 10.3. The molecule has 0 aliphatic carbocycles. The first-order chi connectivity index (χ1) is 18.2. The summed E-state index contributed by atoms with van der Waals surface area (Å²) in [4.78, 5) is 18.6. The van der Waals surface area contributed by atoms with Crippen LogP contribution < -0.4 is 14.8 Å². The second kappa shape index (κ2) is 13.7. The van der Waals surface area contributed by atoms with Crippen molar-refractivity contribution in [3.63, 3.8) is 0 Å². The van der Waals surface area contributed by atoms with E-state index in [2.05, 4.69) is 30.2 Å². The van der Waals surface area contributed by atoms with E-state index in [0.29, 0.717) is 55.7 Å². The first-order valence-electron chi connectivity index (χ1n) is 13.5. The van der Waals surface area contributed by atoms with Gasteiger partial charge < -0.3 is 24.4 Å². The molecule has 8 nitrogen and oxygen atoms in total. The summed E-state index contributed by atoms with van der Waals surface area (Å²) in [6.45, 7) is 12.0. The van der Waals surface area contributed by atoms with Gasteiger partial charge in [-0.2, -0.15) is 10.2 Å². The number of pyridine rings is 1. The van der Waals surface area contributed by atoms with Crippen molar-refractivity contribution in [3.8, 4) is 17.8 Å². The zero-order valence-corrected chi connectivity index (χ0v) is 23.3. The molecule has 1 aromatic heterocycles. The monoisotopic (exact) mass is 520 g/mol. The number of carbonyl (C=O) groups excluding carboxylic acids is 1. The smallest absolute Gasteiger partial charge is 0.410 e. The van der Waals surface area contributed by atoms with Gasteiger partial charge >= 0.3 is 6.09 Å². The molecule has 1 N–H and O–H groups in total. The second-order valence-corrected chi connectivity index (χ2v) is 10.3. The van der Waals surface area contributed by atoms with E-state index in [9.17, 15) is 10.1 Å². The highest BCUT2D eigenvalue weighted by Crippen LogP contribution is 2.32. The number of benzene rings is 1. The number of ether oxygens (including phenoxy) is 3. The molecule has 204 valence electrons. The lowest BCUT2D eigenvalue weighted by atomic mass is 9.95. The van der Waals surface area contributed by atoms with Gasteiger partial charge in [-0.3, -0.25) is 0 Å². The highest BCUT2D eigenvalue weighted by molar-refractivity contribution is 5.77. The molecule has 0 spiro atoms. The fourth-order valence-corrected chi connectivity index (χ4v) is 3.90. The molecular formula is C30H40N4O4. The molecule has 0 saturated carbocycles. The average molecular weight is 521 g/mol. The minimum Gasteiger partial charge on any atom is -0.478 e. The van der Waals surface area contributed by atoms with Crippen molar-refractivity contribution in [2.45, 2.75) is 72.3 Å². The van der Waals surface area contributed by atoms with Gasteiger partial charge in [-0.05, 0) is 69.4 Å². The number of rotatable bonds is 11. The van der Waals surface area contributed by atoms with E-state index in [-0.39, 0.29) is 6.09 Å². The van der Waals surface area contributed by atoms with Crippen molar-refractivity contribution in [2.75, 3.05) is 31.6 Å². The maximum absolute atomic E-state index is 12.4. The van der Waals surface area contributed by atoms with Crippen molar-refractivity contribution in [1.82, 2.24) is 9.88 Å². The Balaban J connectivity index is 1.75. The summed E-state index contributed by atoms with van der Waals surface area (Å²) in [6.07, 6.45) is 6.29. The molecule has 1 aliphatic rings. The molecule has 0 bridgehead atoms. The molecule has 0 radical (unpaired) electrons. The Morgan fingerprint density at radius 2 is 1.84 bits per heavy atom. The van der Waals surface area contributed by atoms with E-state index in [1.165, 1.54) is 0 Å². The highest BCUT2D eigenvalue weighted by atomic mass is 16.6. The molecule has 38 heavy (non-hydrogen) atoms. The van der Waals surface area contributed by atoms with Crippen molar-refractivity contribution in [1.29, 1.82) is 5.26 Å². The third-order valence-electron chi connectivity index (χ3n) is 5.95. The topological polar surface area (TPSA) is 96.7 Å². The number of hydrogen-bond acceptors (Lipinski definition) is 7. The predicted molar refractivity (Wildman–Crippen MR) is 150 cm³/mol. The largest absolute Gasteiger partial charge is 0.478 e. The van der Waals surface area contributed by atoms with Crippen molar-refractivity contribution in [2.24, 2.45) is 0 Å². The Morgan fingerprint density at radius 1 is 1.11 bits per heavy atom. The molecule has 1 amide bonds. The van der Waals surface area contributed by atoms with Gasteiger partial charge in [0.1, 0.15) is 11.3 Å². The molecular weight excluding hydrogens is 480 g/mol. The lowest BCUT2D eigenvalue weighted by Crippen LogP contribution is -2.39. The van der Waals surface area contributed by atoms with Gasteiger partial charge in [-0.15, -0.1) is 0 Å². The Hall–Kier alpha value is -3.73. The van der Waals surface area contributed by atoms with Gasteiger partial charge in [0.05, 0.1) is 24.8 Å². The number of nitrogens with one attached hydrogen (secondary N) is 1. The van der Waals surface area contributed by atoms with Gasteiger partial charge in [0.25, 0.3) is 0 Å². The van der Waals surface area contributed by atoms with Crippen molar-refractivity contribution in [3.05, 3.63) is 47.5 Å². The molecule has 8 heteroatoms. The number of aromatic nitrogens is 1. The number of nitriles is 1.